The summed E-state index contributed by atoms with van der Waals surface area (Å²) in [4.78, 5) is 25.3. The molecule has 2 aromatic rings. The van der Waals surface area contributed by atoms with E-state index in [1.54, 1.807) is 25.7 Å². The number of ether oxygens (including phenoxy) is 1. The second-order valence-corrected chi connectivity index (χ2v) is 6.59. The molecule has 1 atom stereocenters. The maximum absolute atomic E-state index is 12.6. The van der Waals surface area contributed by atoms with Crippen molar-refractivity contribution in [3.8, 4) is 5.75 Å². The summed E-state index contributed by atoms with van der Waals surface area (Å²) in [6.07, 6.45) is 6.76. The highest BCUT2D eigenvalue weighted by molar-refractivity contribution is 5.96. The molecule has 4 rings (SSSR count). The van der Waals surface area contributed by atoms with E-state index in [2.05, 4.69) is 14.9 Å². The molecule has 24 heavy (non-hydrogen) atoms. The first-order valence-electron chi connectivity index (χ1n) is 8.15. The Morgan fingerprint density at radius 2 is 2.17 bits per heavy atom. The van der Waals surface area contributed by atoms with E-state index in [4.69, 9.17) is 4.74 Å². The molecular weight excluding hydrogens is 304 g/mol. The molecule has 0 aliphatic carbocycles. The van der Waals surface area contributed by atoms with Crippen LogP contribution in [0, 0.1) is 5.41 Å². The zero-order valence-electron chi connectivity index (χ0n) is 13.7. The Morgan fingerprint density at radius 3 is 2.96 bits per heavy atom. The third kappa shape index (κ3) is 2.58. The summed E-state index contributed by atoms with van der Waals surface area (Å²) in [5.41, 5.74) is 0.909. The van der Waals surface area contributed by atoms with Crippen LogP contribution in [0.2, 0.25) is 0 Å². The van der Waals surface area contributed by atoms with E-state index in [1.807, 2.05) is 29.2 Å². The molecule has 3 heterocycles. The Morgan fingerprint density at radius 1 is 1.25 bits per heavy atom. The van der Waals surface area contributed by atoms with Gasteiger partial charge in [0.05, 0.1) is 13.3 Å². The molecule has 2 aliphatic heterocycles. The van der Waals surface area contributed by atoms with Crippen molar-refractivity contribution in [2.75, 3.05) is 36.5 Å². The van der Waals surface area contributed by atoms with Crippen molar-refractivity contribution in [3.63, 3.8) is 0 Å². The number of benzene rings is 1. The van der Waals surface area contributed by atoms with E-state index >= 15 is 0 Å². The standard InChI is InChI=1S/C18H20N4O2/c1-24-15-4-2-3-14(9-15)22-13-18(10-17(22)23)5-8-21(12-18)16-11-19-6-7-20-16/h2-4,6-7,9,11H,5,8,10,12-13H2,1H3/t18-/m0/s1. The van der Waals surface area contributed by atoms with E-state index in [0.29, 0.717) is 6.42 Å². The first-order chi connectivity index (χ1) is 11.7. The summed E-state index contributed by atoms with van der Waals surface area (Å²) in [7, 11) is 1.64. The van der Waals surface area contributed by atoms with E-state index in [-0.39, 0.29) is 11.3 Å². The van der Waals surface area contributed by atoms with Gasteiger partial charge in [-0.15, -0.1) is 0 Å². The van der Waals surface area contributed by atoms with Crippen LogP contribution < -0.4 is 14.5 Å². The van der Waals surface area contributed by atoms with Crippen LogP contribution >= 0.6 is 0 Å². The molecule has 6 nitrogen and oxygen atoms in total. The molecule has 0 radical (unpaired) electrons. The molecule has 1 amide bonds. The van der Waals surface area contributed by atoms with Gasteiger partial charge in [-0.3, -0.25) is 9.78 Å². The smallest absolute Gasteiger partial charge is 0.227 e. The summed E-state index contributed by atoms with van der Waals surface area (Å²) < 4.78 is 5.28. The average Bonchev–Trinajstić information content (AvgIpc) is 3.19. The number of rotatable bonds is 3. The number of amides is 1. The number of hydrogen-bond donors (Lipinski definition) is 0. The van der Waals surface area contributed by atoms with Gasteiger partial charge in [-0.1, -0.05) is 6.07 Å². The minimum absolute atomic E-state index is 0.00230. The summed E-state index contributed by atoms with van der Waals surface area (Å²) in [6, 6.07) is 7.71. The predicted octanol–water partition coefficient (Wildman–Crippen LogP) is 2.12. The summed E-state index contributed by atoms with van der Waals surface area (Å²) in [6.45, 7) is 2.51. The van der Waals surface area contributed by atoms with Gasteiger partial charge in [-0.2, -0.15) is 0 Å². The molecule has 6 heteroatoms. The van der Waals surface area contributed by atoms with Gasteiger partial charge in [0.25, 0.3) is 0 Å². The van der Waals surface area contributed by atoms with E-state index in [1.165, 1.54) is 0 Å². The zero-order valence-corrected chi connectivity index (χ0v) is 13.7. The molecule has 124 valence electrons. The highest BCUT2D eigenvalue weighted by atomic mass is 16.5. The fourth-order valence-corrected chi connectivity index (χ4v) is 3.77. The van der Waals surface area contributed by atoms with Crippen molar-refractivity contribution in [1.82, 2.24) is 9.97 Å². The van der Waals surface area contributed by atoms with Crippen molar-refractivity contribution >= 4 is 17.4 Å². The van der Waals surface area contributed by atoms with Crippen LogP contribution in [0.3, 0.4) is 0 Å². The van der Waals surface area contributed by atoms with Gasteiger partial charge in [-0.05, 0) is 18.6 Å². The van der Waals surface area contributed by atoms with Gasteiger partial charge in [0.1, 0.15) is 11.6 Å². The number of hydrogen-bond acceptors (Lipinski definition) is 5. The maximum Gasteiger partial charge on any atom is 0.227 e. The maximum atomic E-state index is 12.6. The fourth-order valence-electron chi connectivity index (χ4n) is 3.77. The molecule has 0 bridgehead atoms. The Balaban J connectivity index is 1.54. The second kappa shape index (κ2) is 5.78. The van der Waals surface area contributed by atoms with Crippen molar-refractivity contribution in [1.29, 1.82) is 0 Å². The van der Waals surface area contributed by atoms with E-state index in [0.717, 1.165) is 43.3 Å². The summed E-state index contributed by atoms with van der Waals surface area (Å²) >= 11 is 0. The minimum atomic E-state index is -0.00230. The number of aromatic nitrogens is 2. The highest BCUT2D eigenvalue weighted by Crippen LogP contribution is 2.43. The normalized spacial score (nSPS) is 23.3. The fraction of sp³-hybridized carbons (Fsp3) is 0.389. The van der Waals surface area contributed by atoms with E-state index < -0.39 is 0 Å². The van der Waals surface area contributed by atoms with Gasteiger partial charge in [0.15, 0.2) is 0 Å². The lowest BCUT2D eigenvalue weighted by Gasteiger charge is -2.24. The molecule has 0 saturated carbocycles. The second-order valence-electron chi connectivity index (χ2n) is 6.59. The van der Waals surface area contributed by atoms with E-state index in [9.17, 15) is 4.79 Å². The molecule has 2 fully saturated rings. The average molecular weight is 324 g/mol. The van der Waals surface area contributed by atoms with Crippen LogP contribution in [-0.4, -0.2) is 42.6 Å². The van der Waals surface area contributed by atoms with Gasteiger partial charge in [0, 0.05) is 55.6 Å². The number of methoxy groups -OCH3 is 1. The molecular formula is C18H20N4O2. The summed E-state index contributed by atoms with van der Waals surface area (Å²) in [5, 5.41) is 0. The monoisotopic (exact) mass is 324 g/mol. The number of carbonyl (C=O) groups excluding carboxylic acids is 1. The zero-order chi connectivity index (χ0) is 16.6. The topological polar surface area (TPSA) is 58.6 Å². The largest absolute Gasteiger partial charge is 0.497 e. The molecule has 0 N–H and O–H groups in total. The van der Waals surface area contributed by atoms with Crippen molar-refractivity contribution in [3.05, 3.63) is 42.9 Å². The van der Waals surface area contributed by atoms with Crippen LogP contribution in [0.25, 0.3) is 0 Å². The van der Waals surface area contributed by atoms with Gasteiger partial charge in [0.2, 0.25) is 5.91 Å². The van der Waals surface area contributed by atoms with Crippen LogP contribution in [-0.2, 0) is 4.79 Å². The predicted molar refractivity (Wildman–Crippen MR) is 91.3 cm³/mol. The quantitative estimate of drug-likeness (QED) is 0.865. The molecule has 2 aliphatic rings. The Labute approximate surface area is 141 Å². The lowest BCUT2D eigenvalue weighted by atomic mass is 9.86. The van der Waals surface area contributed by atoms with Crippen LogP contribution in [0.4, 0.5) is 11.5 Å². The van der Waals surface area contributed by atoms with Crippen LogP contribution in [0.15, 0.2) is 42.9 Å². The molecule has 0 unspecified atom stereocenters. The van der Waals surface area contributed by atoms with Gasteiger partial charge < -0.3 is 14.5 Å². The van der Waals surface area contributed by atoms with Gasteiger partial charge >= 0.3 is 0 Å². The number of carbonyl (C=O) groups is 1. The lowest BCUT2D eigenvalue weighted by molar-refractivity contribution is -0.117. The Bertz CT molecular complexity index is 752. The van der Waals surface area contributed by atoms with Crippen molar-refractivity contribution in [2.45, 2.75) is 12.8 Å². The number of nitrogens with zero attached hydrogens (tertiary/aromatic N) is 4. The minimum Gasteiger partial charge on any atom is -0.497 e. The molecule has 1 spiro atoms. The lowest BCUT2D eigenvalue weighted by Crippen LogP contribution is -2.31. The van der Waals surface area contributed by atoms with Crippen molar-refractivity contribution in [2.24, 2.45) is 5.41 Å². The molecule has 1 aromatic carbocycles. The molecule has 1 aromatic heterocycles. The van der Waals surface area contributed by atoms with Crippen LogP contribution in [0.1, 0.15) is 12.8 Å². The van der Waals surface area contributed by atoms with Crippen LogP contribution in [0.5, 0.6) is 5.75 Å². The Hall–Kier alpha value is -2.63. The SMILES string of the molecule is COc1cccc(N2C[C@@]3(CCN(c4cnccn4)C3)CC2=O)c1. The summed E-state index contributed by atoms with van der Waals surface area (Å²) in [5.74, 6) is 1.85. The first-order valence-corrected chi connectivity index (χ1v) is 8.15. The highest BCUT2D eigenvalue weighted by Gasteiger charge is 2.48. The molecule has 2 saturated heterocycles. The van der Waals surface area contributed by atoms with Crippen molar-refractivity contribution < 1.29 is 9.53 Å². The number of anilines is 2. The third-order valence-corrected chi connectivity index (χ3v) is 5.00. The Kier molecular flexibility index (Phi) is 3.59. The third-order valence-electron chi connectivity index (χ3n) is 5.00. The van der Waals surface area contributed by atoms with Gasteiger partial charge in [-0.25, -0.2) is 4.98 Å². The first kappa shape index (κ1) is 14.9.